The van der Waals surface area contributed by atoms with Gasteiger partial charge in [-0.1, -0.05) is 31.0 Å². The molecule has 1 saturated heterocycles. The first kappa shape index (κ1) is 19.7. The predicted molar refractivity (Wildman–Crippen MR) is 106 cm³/mol. The zero-order valence-electron chi connectivity index (χ0n) is 16.2. The summed E-state index contributed by atoms with van der Waals surface area (Å²) in [5.74, 6) is -0.806. The predicted octanol–water partition coefficient (Wildman–Crippen LogP) is 2.59. The van der Waals surface area contributed by atoms with Crippen molar-refractivity contribution in [1.82, 2.24) is 9.80 Å². The zero-order valence-corrected chi connectivity index (χ0v) is 16.2. The van der Waals surface area contributed by atoms with Gasteiger partial charge in [-0.2, -0.15) is 0 Å². The number of aliphatic carboxylic acids is 1. The van der Waals surface area contributed by atoms with Gasteiger partial charge in [0.05, 0.1) is 6.42 Å². The highest BCUT2D eigenvalue weighted by atomic mass is 16.4. The molecule has 2 fully saturated rings. The first-order valence-corrected chi connectivity index (χ1v) is 10.1. The third-order valence-electron chi connectivity index (χ3n) is 5.98. The lowest BCUT2D eigenvalue weighted by molar-refractivity contribution is -0.135. The Morgan fingerprint density at radius 2 is 1.85 bits per heavy atom. The number of benzene rings is 1. The summed E-state index contributed by atoms with van der Waals surface area (Å²) in [5.41, 5.74) is 1.57. The van der Waals surface area contributed by atoms with Crippen LogP contribution in [0, 0.1) is 0 Å². The number of likely N-dealkylation sites (tertiary alicyclic amines) is 1. The summed E-state index contributed by atoms with van der Waals surface area (Å²) in [6.45, 7) is 2.16. The molecule has 3 rings (SSSR count). The number of carbonyl (C=O) groups is 2. The lowest BCUT2D eigenvalue weighted by Crippen LogP contribution is -2.53. The minimum absolute atomic E-state index is 0.107. The number of hydrogen-bond donors (Lipinski definition) is 2. The summed E-state index contributed by atoms with van der Waals surface area (Å²) in [4.78, 5) is 28.4. The number of carboxylic acid groups (broad SMARTS) is 1. The van der Waals surface area contributed by atoms with Gasteiger partial charge in [-0.3, -0.25) is 14.5 Å². The summed E-state index contributed by atoms with van der Waals surface area (Å²) in [6, 6.07) is 8.24. The highest BCUT2D eigenvalue weighted by Crippen LogP contribution is 2.29. The second kappa shape index (κ2) is 9.22. The molecule has 1 aliphatic heterocycles. The number of likely N-dealkylation sites (N-methyl/N-ethyl adjacent to an activating group) is 1. The van der Waals surface area contributed by atoms with E-state index in [9.17, 15) is 9.59 Å². The Morgan fingerprint density at radius 1 is 1.15 bits per heavy atom. The van der Waals surface area contributed by atoms with Gasteiger partial charge in [0, 0.05) is 24.8 Å². The Bertz CT molecular complexity index is 658. The molecule has 27 heavy (non-hydrogen) atoms. The number of amides is 1. The quantitative estimate of drug-likeness (QED) is 0.769. The first-order valence-electron chi connectivity index (χ1n) is 10.1. The summed E-state index contributed by atoms with van der Waals surface area (Å²) in [5, 5.41) is 11.8. The standard InChI is InChI=1S/C21H31N3O3/c1-23(18-10-4-5-11-19(18)24-12-6-7-13-24)20(25)14-16-8-2-3-9-17(16)22-15-21(26)27/h2-3,8-9,18-19,22H,4-7,10-15H2,1H3,(H,26,27)/t18-,19-/m0/s1. The summed E-state index contributed by atoms with van der Waals surface area (Å²) < 4.78 is 0. The Hall–Kier alpha value is -2.08. The number of rotatable bonds is 7. The maximum Gasteiger partial charge on any atom is 0.322 e. The topological polar surface area (TPSA) is 72.9 Å². The molecule has 1 heterocycles. The third kappa shape index (κ3) is 5.01. The van der Waals surface area contributed by atoms with E-state index in [2.05, 4.69) is 10.2 Å². The molecule has 0 aromatic heterocycles. The molecule has 148 valence electrons. The van der Waals surface area contributed by atoms with Gasteiger partial charge in [-0.05, 0) is 50.4 Å². The van der Waals surface area contributed by atoms with Crippen molar-refractivity contribution in [1.29, 1.82) is 0 Å². The lowest BCUT2D eigenvalue weighted by Gasteiger charge is -2.42. The van der Waals surface area contributed by atoms with E-state index in [0.29, 0.717) is 12.5 Å². The normalized spacial score (nSPS) is 23.1. The number of hydrogen-bond acceptors (Lipinski definition) is 4. The molecule has 1 saturated carbocycles. The van der Waals surface area contributed by atoms with Crippen molar-refractivity contribution in [3.05, 3.63) is 29.8 Å². The van der Waals surface area contributed by atoms with Crippen molar-refractivity contribution < 1.29 is 14.7 Å². The fourth-order valence-corrected chi connectivity index (χ4v) is 4.53. The molecule has 1 aromatic rings. The van der Waals surface area contributed by atoms with Crippen molar-refractivity contribution in [2.24, 2.45) is 0 Å². The smallest absolute Gasteiger partial charge is 0.322 e. The highest BCUT2D eigenvalue weighted by molar-refractivity contribution is 5.81. The van der Waals surface area contributed by atoms with Crippen LogP contribution in [0.25, 0.3) is 0 Å². The van der Waals surface area contributed by atoms with Crippen LogP contribution in [-0.4, -0.2) is 65.5 Å². The Balaban J connectivity index is 1.67. The van der Waals surface area contributed by atoms with E-state index in [4.69, 9.17) is 5.11 Å². The van der Waals surface area contributed by atoms with Crippen LogP contribution in [-0.2, 0) is 16.0 Å². The van der Waals surface area contributed by atoms with Gasteiger partial charge in [-0.15, -0.1) is 0 Å². The highest BCUT2D eigenvalue weighted by Gasteiger charge is 2.35. The molecule has 2 atom stereocenters. The molecule has 2 aliphatic rings. The molecule has 0 radical (unpaired) electrons. The maximum absolute atomic E-state index is 13.0. The molecule has 6 heteroatoms. The van der Waals surface area contributed by atoms with Crippen LogP contribution in [0.5, 0.6) is 0 Å². The van der Waals surface area contributed by atoms with Crippen molar-refractivity contribution in [3.8, 4) is 0 Å². The third-order valence-corrected chi connectivity index (χ3v) is 5.98. The Kier molecular flexibility index (Phi) is 6.72. The van der Waals surface area contributed by atoms with E-state index in [1.165, 1.54) is 32.1 Å². The molecular formula is C21H31N3O3. The SMILES string of the molecule is CN(C(=O)Cc1ccccc1NCC(=O)O)[C@H]1CCCC[C@@H]1N1CCCC1. The van der Waals surface area contributed by atoms with Gasteiger partial charge < -0.3 is 15.3 Å². The molecule has 0 bridgehead atoms. The fraction of sp³-hybridized carbons (Fsp3) is 0.619. The van der Waals surface area contributed by atoms with Gasteiger partial charge >= 0.3 is 5.97 Å². The van der Waals surface area contributed by atoms with Crippen molar-refractivity contribution in [2.75, 3.05) is 32.0 Å². The van der Waals surface area contributed by atoms with E-state index in [0.717, 1.165) is 30.8 Å². The van der Waals surface area contributed by atoms with E-state index < -0.39 is 5.97 Å². The maximum atomic E-state index is 13.0. The number of para-hydroxylation sites is 1. The second-order valence-electron chi connectivity index (χ2n) is 7.75. The lowest BCUT2D eigenvalue weighted by atomic mass is 9.88. The van der Waals surface area contributed by atoms with Gasteiger partial charge in [-0.25, -0.2) is 0 Å². The molecular weight excluding hydrogens is 342 g/mol. The van der Waals surface area contributed by atoms with Crippen LogP contribution in [0.4, 0.5) is 5.69 Å². The number of nitrogens with zero attached hydrogens (tertiary/aromatic N) is 2. The molecule has 1 aromatic carbocycles. The van der Waals surface area contributed by atoms with Gasteiger partial charge in [0.1, 0.15) is 6.54 Å². The molecule has 0 unspecified atom stereocenters. The van der Waals surface area contributed by atoms with Crippen molar-refractivity contribution in [3.63, 3.8) is 0 Å². The molecule has 0 spiro atoms. The van der Waals surface area contributed by atoms with Crippen molar-refractivity contribution >= 4 is 17.6 Å². The fourth-order valence-electron chi connectivity index (χ4n) is 4.53. The number of nitrogens with one attached hydrogen (secondary N) is 1. The monoisotopic (exact) mass is 373 g/mol. The molecule has 1 amide bonds. The van der Waals surface area contributed by atoms with Gasteiger partial charge in [0.15, 0.2) is 0 Å². The largest absolute Gasteiger partial charge is 0.480 e. The van der Waals surface area contributed by atoms with Crippen LogP contribution in [0.15, 0.2) is 24.3 Å². The Labute approximate surface area is 161 Å². The van der Waals surface area contributed by atoms with E-state index in [-0.39, 0.29) is 18.5 Å². The second-order valence-corrected chi connectivity index (χ2v) is 7.75. The number of carbonyl (C=O) groups excluding carboxylic acids is 1. The van der Waals surface area contributed by atoms with E-state index >= 15 is 0 Å². The first-order chi connectivity index (χ1) is 13.1. The van der Waals surface area contributed by atoms with Gasteiger partial charge in [0.25, 0.3) is 0 Å². The van der Waals surface area contributed by atoms with E-state index in [1.54, 1.807) is 0 Å². The minimum atomic E-state index is -0.913. The molecule has 6 nitrogen and oxygen atoms in total. The average molecular weight is 373 g/mol. The number of anilines is 1. The molecule has 2 N–H and O–H groups in total. The van der Waals surface area contributed by atoms with Crippen LogP contribution in [0.2, 0.25) is 0 Å². The summed E-state index contributed by atoms with van der Waals surface area (Å²) >= 11 is 0. The summed E-state index contributed by atoms with van der Waals surface area (Å²) in [6.07, 6.45) is 7.52. The van der Waals surface area contributed by atoms with Crippen LogP contribution in [0.3, 0.4) is 0 Å². The average Bonchev–Trinajstić information content (AvgIpc) is 3.21. The van der Waals surface area contributed by atoms with Crippen molar-refractivity contribution in [2.45, 2.75) is 57.0 Å². The van der Waals surface area contributed by atoms with Crippen LogP contribution < -0.4 is 5.32 Å². The Morgan fingerprint density at radius 3 is 2.59 bits per heavy atom. The number of carboxylic acids is 1. The molecule has 1 aliphatic carbocycles. The van der Waals surface area contributed by atoms with Crippen LogP contribution >= 0.6 is 0 Å². The van der Waals surface area contributed by atoms with E-state index in [1.807, 2.05) is 36.2 Å². The van der Waals surface area contributed by atoms with Gasteiger partial charge in [0.2, 0.25) is 5.91 Å². The zero-order chi connectivity index (χ0) is 19.2. The minimum Gasteiger partial charge on any atom is -0.480 e. The van der Waals surface area contributed by atoms with Crippen LogP contribution in [0.1, 0.15) is 44.1 Å². The summed E-state index contributed by atoms with van der Waals surface area (Å²) in [7, 11) is 1.94.